The molecule has 3 aromatic rings. The number of amides is 1. The number of halogens is 2. The average molecular weight is 333 g/mol. The van der Waals surface area contributed by atoms with Crippen LogP contribution < -0.4 is 4.90 Å². The summed E-state index contributed by atoms with van der Waals surface area (Å²) in [5, 5.41) is 0.506. The van der Waals surface area contributed by atoms with E-state index in [-0.39, 0.29) is 16.6 Å². The molecule has 7 heteroatoms. The summed E-state index contributed by atoms with van der Waals surface area (Å²) in [6, 6.07) is 4.25. The number of H-pyrrole nitrogens is 1. The van der Waals surface area contributed by atoms with Crippen molar-refractivity contribution in [1.29, 1.82) is 0 Å². The minimum absolute atomic E-state index is 0.0588. The van der Waals surface area contributed by atoms with Crippen LogP contribution in [-0.2, 0) is 4.74 Å². The number of anilines is 1. The second-order valence-corrected chi connectivity index (χ2v) is 6.51. The first-order valence-corrected chi connectivity index (χ1v) is 7.40. The Balaban J connectivity index is 2.21. The maximum absolute atomic E-state index is 14.3. The molecule has 0 spiro atoms. The Morgan fingerprint density at radius 3 is 2.71 bits per heavy atom. The Morgan fingerprint density at radius 2 is 2.04 bits per heavy atom. The van der Waals surface area contributed by atoms with E-state index in [2.05, 4.69) is 9.97 Å². The van der Waals surface area contributed by atoms with Gasteiger partial charge in [0.1, 0.15) is 11.2 Å². The molecule has 0 saturated carbocycles. The van der Waals surface area contributed by atoms with Crippen LogP contribution in [0.4, 0.5) is 19.3 Å². The number of nitrogens with one attached hydrogen (secondary N) is 1. The van der Waals surface area contributed by atoms with Crippen molar-refractivity contribution in [1.82, 2.24) is 9.97 Å². The fourth-order valence-corrected chi connectivity index (χ4v) is 2.51. The molecule has 0 radical (unpaired) electrons. The van der Waals surface area contributed by atoms with Crippen molar-refractivity contribution >= 4 is 33.7 Å². The third-order valence-corrected chi connectivity index (χ3v) is 3.55. The predicted molar refractivity (Wildman–Crippen MR) is 88.2 cm³/mol. The highest BCUT2D eigenvalue weighted by atomic mass is 19.2. The molecule has 0 bridgehead atoms. The summed E-state index contributed by atoms with van der Waals surface area (Å²) in [6.07, 6.45) is 0.880. The summed E-state index contributed by atoms with van der Waals surface area (Å²) in [7, 11) is 1.44. The van der Waals surface area contributed by atoms with Crippen molar-refractivity contribution in [2.45, 2.75) is 26.4 Å². The van der Waals surface area contributed by atoms with Crippen LogP contribution in [0.25, 0.3) is 21.9 Å². The van der Waals surface area contributed by atoms with Gasteiger partial charge < -0.3 is 9.72 Å². The largest absolute Gasteiger partial charge is 0.443 e. The molecule has 1 amide bonds. The van der Waals surface area contributed by atoms with Gasteiger partial charge in [-0.1, -0.05) is 0 Å². The van der Waals surface area contributed by atoms with E-state index in [9.17, 15) is 13.6 Å². The van der Waals surface area contributed by atoms with Crippen LogP contribution >= 0.6 is 0 Å². The van der Waals surface area contributed by atoms with Crippen LogP contribution in [0.15, 0.2) is 24.4 Å². The number of nitrogens with zero attached hydrogens (tertiary/aromatic N) is 2. The summed E-state index contributed by atoms with van der Waals surface area (Å²) in [6.45, 7) is 5.19. The molecule has 24 heavy (non-hydrogen) atoms. The monoisotopic (exact) mass is 333 g/mol. The summed E-state index contributed by atoms with van der Waals surface area (Å²) >= 11 is 0. The minimum Gasteiger partial charge on any atom is -0.443 e. The number of hydrogen-bond donors (Lipinski definition) is 1. The van der Waals surface area contributed by atoms with E-state index in [4.69, 9.17) is 4.74 Å². The first kappa shape index (κ1) is 16.2. The van der Waals surface area contributed by atoms with Gasteiger partial charge in [0.05, 0.1) is 11.2 Å². The lowest BCUT2D eigenvalue weighted by molar-refractivity contribution is 0.0589. The Labute approximate surface area is 137 Å². The van der Waals surface area contributed by atoms with Gasteiger partial charge in [0, 0.05) is 30.1 Å². The fourth-order valence-electron chi connectivity index (χ4n) is 2.51. The van der Waals surface area contributed by atoms with Crippen molar-refractivity contribution in [2.24, 2.45) is 0 Å². The molecule has 3 rings (SSSR count). The Kier molecular flexibility index (Phi) is 3.66. The number of pyridine rings is 1. The van der Waals surface area contributed by atoms with Crippen LogP contribution in [0.2, 0.25) is 0 Å². The van der Waals surface area contributed by atoms with Gasteiger partial charge in [0.2, 0.25) is 0 Å². The highest BCUT2D eigenvalue weighted by molar-refractivity contribution is 6.12. The van der Waals surface area contributed by atoms with E-state index in [1.807, 2.05) is 0 Å². The Morgan fingerprint density at radius 1 is 1.33 bits per heavy atom. The number of hydrogen-bond acceptors (Lipinski definition) is 3. The number of aromatic amines is 1. The molecule has 2 aromatic heterocycles. The van der Waals surface area contributed by atoms with Crippen molar-refractivity contribution in [3.05, 3.63) is 36.0 Å². The van der Waals surface area contributed by atoms with Crippen LogP contribution in [0.1, 0.15) is 20.8 Å². The molecule has 1 N–H and O–H groups in total. The van der Waals surface area contributed by atoms with Crippen LogP contribution in [0.5, 0.6) is 0 Å². The third-order valence-electron chi connectivity index (χ3n) is 3.55. The van der Waals surface area contributed by atoms with Crippen molar-refractivity contribution in [3.8, 4) is 0 Å². The lowest BCUT2D eigenvalue weighted by Gasteiger charge is -2.25. The van der Waals surface area contributed by atoms with E-state index in [1.165, 1.54) is 7.05 Å². The fraction of sp³-hybridized carbons (Fsp3) is 0.294. The quantitative estimate of drug-likeness (QED) is 0.719. The molecule has 126 valence electrons. The van der Waals surface area contributed by atoms with E-state index >= 15 is 0 Å². The molecule has 0 unspecified atom stereocenters. The number of rotatable bonds is 1. The molecular weight excluding hydrogens is 316 g/mol. The van der Waals surface area contributed by atoms with Crippen LogP contribution in [0, 0.1) is 11.6 Å². The van der Waals surface area contributed by atoms with Gasteiger partial charge in [0.25, 0.3) is 0 Å². The lowest BCUT2D eigenvalue weighted by atomic mass is 10.1. The first-order chi connectivity index (χ1) is 11.2. The molecule has 0 aliphatic carbocycles. The zero-order valence-corrected chi connectivity index (χ0v) is 13.8. The number of carbonyl (C=O) groups is 1. The SMILES string of the molecule is CN(C(=O)OC(C)(C)C)c1cc(F)c(F)c2c1[nH]c1ncccc12. The number of benzene rings is 1. The lowest BCUT2D eigenvalue weighted by Crippen LogP contribution is -2.34. The van der Waals surface area contributed by atoms with Gasteiger partial charge in [-0.15, -0.1) is 0 Å². The van der Waals surface area contributed by atoms with Crippen molar-refractivity contribution in [3.63, 3.8) is 0 Å². The second kappa shape index (κ2) is 5.43. The number of ether oxygens (including phenoxy) is 1. The molecule has 2 heterocycles. The third kappa shape index (κ3) is 2.66. The van der Waals surface area contributed by atoms with Gasteiger partial charge in [-0.05, 0) is 32.9 Å². The first-order valence-electron chi connectivity index (χ1n) is 7.40. The Hall–Kier alpha value is -2.70. The second-order valence-electron chi connectivity index (χ2n) is 6.51. The van der Waals surface area contributed by atoms with Gasteiger partial charge in [-0.2, -0.15) is 0 Å². The summed E-state index contributed by atoms with van der Waals surface area (Å²) in [5.41, 5.74) is 0.174. The molecule has 0 aliphatic rings. The number of aromatic nitrogens is 2. The summed E-state index contributed by atoms with van der Waals surface area (Å²) in [4.78, 5) is 20.5. The highest BCUT2D eigenvalue weighted by Crippen LogP contribution is 2.35. The van der Waals surface area contributed by atoms with E-state index in [1.54, 1.807) is 39.1 Å². The molecule has 0 saturated heterocycles. The topological polar surface area (TPSA) is 58.2 Å². The van der Waals surface area contributed by atoms with E-state index in [0.29, 0.717) is 11.0 Å². The molecule has 0 atom stereocenters. The average Bonchev–Trinajstić information content (AvgIpc) is 2.88. The number of fused-ring (bicyclic) bond motifs is 3. The van der Waals surface area contributed by atoms with Crippen LogP contribution in [-0.4, -0.2) is 28.7 Å². The maximum atomic E-state index is 14.3. The van der Waals surface area contributed by atoms with Crippen molar-refractivity contribution in [2.75, 3.05) is 11.9 Å². The van der Waals surface area contributed by atoms with E-state index in [0.717, 1.165) is 11.0 Å². The molecule has 5 nitrogen and oxygen atoms in total. The normalized spacial score (nSPS) is 11.9. The molecule has 1 aromatic carbocycles. The smallest absolute Gasteiger partial charge is 0.414 e. The molecule has 0 aliphatic heterocycles. The molecular formula is C17H17F2N3O2. The number of carbonyl (C=O) groups excluding carboxylic acids is 1. The minimum atomic E-state index is -1.04. The highest BCUT2D eigenvalue weighted by Gasteiger charge is 2.25. The predicted octanol–water partition coefficient (Wildman–Crippen LogP) is 4.37. The standard InChI is InChI=1S/C17H17F2N3O2/c1-17(2,3)24-16(23)22(4)11-8-10(18)13(19)12-9-6-5-7-20-15(9)21-14(11)12/h5-8H,1-4H3,(H,20,21). The van der Waals surface area contributed by atoms with Gasteiger partial charge in [-0.3, -0.25) is 4.90 Å². The van der Waals surface area contributed by atoms with Gasteiger partial charge >= 0.3 is 6.09 Å². The van der Waals surface area contributed by atoms with E-state index < -0.39 is 23.3 Å². The van der Waals surface area contributed by atoms with Gasteiger partial charge in [0.15, 0.2) is 11.6 Å². The van der Waals surface area contributed by atoms with Gasteiger partial charge in [-0.25, -0.2) is 18.6 Å². The van der Waals surface area contributed by atoms with Crippen molar-refractivity contribution < 1.29 is 18.3 Å². The summed E-state index contributed by atoms with van der Waals surface area (Å²) in [5.74, 6) is -2.02. The molecule has 0 fully saturated rings. The Bertz CT molecular complexity index is 944. The summed E-state index contributed by atoms with van der Waals surface area (Å²) < 4.78 is 33.7. The zero-order valence-electron chi connectivity index (χ0n) is 13.8. The van der Waals surface area contributed by atoms with Crippen LogP contribution in [0.3, 0.4) is 0 Å². The zero-order chi connectivity index (χ0) is 17.6. The maximum Gasteiger partial charge on any atom is 0.414 e.